The van der Waals surface area contributed by atoms with Gasteiger partial charge in [0.15, 0.2) is 0 Å². The molecule has 3 fully saturated rings. The number of nitrogens with two attached hydrogens (primary N) is 1. The number of alkyl carbamates (subject to hydrolysis) is 2. The summed E-state index contributed by atoms with van der Waals surface area (Å²) in [5.41, 5.74) is 10.1. The number of fused-ring (bicyclic) bond motifs is 1. The van der Waals surface area contributed by atoms with Gasteiger partial charge in [0.25, 0.3) is 0 Å². The number of urea groups is 1. The number of aromatic amines is 2. The Morgan fingerprint density at radius 3 is 2.33 bits per heavy atom. The number of aromatic nitrogens is 4. The summed E-state index contributed by atoms with van der Waals surface area (Å²) in [6.07, 6.45) is 6.52. The van der Waals surface area contributed by atoms with E-state index in [9.17, 15) is 24.0 Å². The third-order valence-corrected chi connectivity index (χ3v) is 11.9. The zero-order chi connectivity index (χ0) is 43.3. The molecule has 4 aromatic rings. The molecule has 0 bridgehead atoms. The molecule has 4 atom stereocenters. The number of carbonyl (C=O) groups excluding carboxylic acids is 5. The normalized spacial score (nSPS) is 18.6. The van der Waals surface area contributed by atoms with Gasteiger partial charge in [0.2, 0.25) is 11.8 Å². The molecular weight excluding hydrogens is 781 g/mol. The molecule has 2 saturated heterocycles. The first-order chi connectivity index (χ1) is 29.4. The van der Waals surface area contributed by atoms with E-state index in [1.54, 1.807) is 4.90 Å². The molecule has 1 spiro atoms. The minimum atomic E-state index is -0.791. The van der Waals surface area contributed by atoms with Gasteiger partial charge < -0.3 is 50.9 Å². The lowest BCUT2D eigenvalue weighted by atomic mass is 10.0. The van der Waals surface area contributed by atoms with Crippen LogP contribution >= 0.6 is 0 Å². The summed E-state index contributed by atoms with van der Waals surface area (Å²) < 4.78 is 9.59. The van der Waals surface area contributed by atoms with Crippen LogP contribution in [0.15, 0.2) is 48.7 Å². The lowest BCUT2D eigenvalue weighted by Crippen LogP contribution is -2.51. The monoisotopic (exact) mass is 834 g/mol. The van der Waals surface area contributed by atoms with Crippen LogP contribution in [0.25, 0.3) is 22.3 Å². The van der Waals surface area contributed by atoms with Gasteiger partial charge in [-0.05, 0) is 93.0 Å². The van der Waals surface area contributed by atoms with E-state index in [1.165, 1.54) is 14.2 Å². The molecule has 17 heteroatoms. The Labute approximate surface area is 354 Å². The molecule has 0 unspecified atom stereocenters. The van der Waals surface area contributed by atoms with Crippen molar-refractivity contribution in [3.05, 3.63) is 71.4 Å². The van der Waals surface area contributed by atoms with Crippen molar-refractivity contribution in [3.8, 4) is 23.1 Å². The fourth-order valence-electron chi connectivity index (χ4n) is 8.39. The number of unbranched alkanes of at least 4 members (excludes halogenated alkanes) is 1. The number of nitrogens with one attached hydrogen (secondary N) is 5. The first kappa shape index (κ1) is 42.6. The Bertz CT molecular complexity index is 2320. The highest BCUT2D eigenvalue weighted by atomic mass is 16.5. The summed E-state index contributed by atoms with van der Waals surface area (Å²) in [6.45, 7) is 5.36. The minimum Gasteiger partial charge on any atom is -0.453 e. The molecular formula is C44H54N10O7. The molecule has 1 aliphatic carbocycles. The molecule has 3 aliphatic rings. The van der Waals surface area contributed by atoms with Crippen LogP contribution in [0.4, 0.5) is 14.4 Å². The quantitative estimate of drug-likeness (QED) is 0.0784. The van der Waals surface area contributed by atoms with Gasteiger partial charge in [0.1, 0.15) is 23.7 Å². The fourth-order valence-corrected chi connectivity index (χ4v) is 8.39. The van der Waals surface area contributed by atoms with Gasteiger partial charge in [0, 0.05) is 42.5 Å². The van der Waals surface area contributed by atoms with Crippen molar-refractivity contribution < 1.29 is 33.4 Å². The van der Waals surface area contributed by atoms with Crippen molar-refractivity contribution >= 4 is 41.1 Å². The van der Waals surface area contributed by atoms with Crippen molar-refractivity contribution in [1.29, 1.82) is 0 Å². The van der Waals surface area contributed by atoms with E-state index in [0.717, 1.165) is 71.3 Å². The smallest absolute Gasteiger partial charge is 0.407 e. The fraction of sp³-hybridized carbons (Fsp3) is 0.477. The lowest BCUT2D eigenvalue weighted by Gasteiger charge is -2.30. The molecule has 7 N–H and O–H groups in total. The first-order valence-corrected chi connectivity index (χ1v) is 20.9. The number of amides is 6. The minimum absolute atomic E-state index is 0.0973. The zero-order valence-electron chi connectivity index (χ0n) is 35.0. The second-order valence-electron chi connectivity index (χ2n) is 16.6. The SMILES string of the molecule is COC(=O)N[C@@H](CCCCNC(N)=O)C(=O)N1CCC[C@H]1c1nc(-c2ccc(C#Cc3ccc4[nH]c([C@@H]5CC6(CC6)CN5C(=O)[C@@H](NC(=O)OC)C(C)C)nc4c3)cc2)c[nH]1. The lowest BCUT2D eigenvalue weighted by molar-refractivity contribution is -0.136. The third-order valence-electron chi connectivity index (χ3n) is 11.9. The summed E-state index contributed by atoms with van der Waals surface area (Å²) in [6, 6.07) is 11.0. The maximum absolute atomic E-state index is 13.9. The summed E-state index contributed by atoms with van der Waals surface area (Å²) in [4.78, 5) is 83.1. The Balaban J connectivity index is 1.00. The van der Waals surface area contributed by atoms with Crippen LogP contribution in [0.5, 0.6) is 0 Å². The summed E-state index contributed by atoms with van der Waals surface area (Å²) >= 11 is 0. The molecule has 2 aromatic carbocycles. The van der Waals surface area contributed by atoms with E-state index in [4.69, 9.17) is 25.2 Å². The number of primary amides is 1. The highest BCUT2D eigenvalue weighted by Crippen LogP contribution is 2.58. The number of rotatable bonds is 13. The topological polar surface area (TPSA) is 230 Å². The molecule has 7 rings (SSSR count). The number of hydrogen-bond acceptors (Lipinski definition) is 9. The first-order valence-electron chi connectivity index (χ1n) is 20.9. The summed E-state index contributed by atoms with van der Waals surface area (Å²) in [7, 11) is 2.55. The average molecular weight is 835 g/mol. The van der Waals surface area contributed by atoms with E-state index in [1.807, 2.05) is 67.4 Å². The number of benzene rings is 2. The maximum atomic E-state index is 13.9. The number of imidazole rings is 2. The highest BCUT2D eigenvalue weighted by molar-refractivity contribution is 5.87. The molecule has 2 aromatic heterocycles. The van der Waals surface area contributed by atoms with E-state index >= 15 is 0 Å². The molecule has 4 heterocycles. The molecule has 61 heavy (non-hydrogen) atoms. The zero-order valence-corrected chi connectivity index (χ0v) is 35.0. The van der Waals surface area contributed by atoms with Crippen LogP contribution in [0.3, 0.4) is 0 Å². The summed E-state index contributed by atoms with van der Waals surface area (Å²) in [5, 5.41) is 7.94. The predicted molar refractivity (Wildman–Crippen MR) is 225 cm³/mol. The molecule has 2 aliphatic heterocycles. The summed E-state index contributed by atoms with van der Waals surface area (Å²) in [5.74, 6) is 7.44. The standard InChI is InChI=1S/C44H54N10O7/c1-26(2)36(52-43(59)61-4)40(56)54-25-44(18-19-44)23-35(54)38-48-30-17-14-28(22-32(30)49-38)11-10-27-12-15-29(16-13-27)33-24-47-37(50-33)34-9-7-21-53(34)39(55)31(51-42(58)60-3)8-5-6-20-46-41(45)57/h12-17,22,24,26,31,34-36H,5-9,18-21,23,25H2,1-4H3,(H,47,50)(H,48,49)(H,51,58)(H,52,59)(H3,45,46,57)/t31-,34-,35-,36-/m0/s1. The van der Waals surface area contributed by atoms with Gasteiger partial charge in [-0.15, -0.1) is 0 Å². The van der Waals surface area contributed by atoms with Crippen molar-refractivity contribution in [1.82, 2.24) is 45.7 Å². The predicted octanol–water partition coefficient (Wildman–Crippen LogP) is 5.01. The number of H-pyrrole nitrogens is 2. The van der Waals surface area contributed by atoms with Crippen molar-refractivity contribution in [2.45, 2.75) is 89.4 Å². The van der Waals surface area contributed by atoms with Crippen LogP contribution in [0, 0.1) is 23.2 Å². The number of nitrogens with zero attached hydrogens (tertiary/aromatic N) is 4. The van der Waals surface area contributed by atoms with Gasteiger partial charge in [0.05, 0.1) is 43.0 Å². The van der Waals surface area contributed by atoms with Crippen LogP contribution in [-0.4, -0.2) is 106 Å². The molecule has 17 nitrogen and oxygen atoms in total. The molecule has 0 radical (unpaired) electrons. The van der Waals surface area contributed by atoms with Crippen LogP contribution in [-0.2, 0) is 19.1 Å². The van der Waals surface area contributed by atoms with E-state index < -0.39 is 30.3 Å². The van der Waals surface area contributed by atoms with E-state index in [0.29, 0.717) is 44.7 Å². The molecule has 6 amide bonds. The molecule has 1 saturated carbocycles. The van der Waals surface area contributed by atoms with Crippen LogP contribution in [0.2, 0.25) is 0 Å². The Morgan fingerprint density at radius 1 is 0.902 bits per heavy atom. The van der Waals surface area contributed by atoms with E-state index in [2.05, 4.69) is 37.8 Å². The number of likely N-dealkylation sites (tertiary alicyclic amines) is 2. The second-order valence-corrected chi connectivity index (χ2v) is 16.6. The van der Waals surface area contributed by atoms with Gasteiger partial charge in [-0.2, -0.15) is 0 Å². The third kappa shape index (κ3) is 9.91. The maximum Gasteiger partial charge on any atom is 0.407 e. The highest BCUT2D eigenvalue weighted by Gasteiger charge is 2.55. The second kappa shape index (κ2) is 18.4. The molecule has 322 valence electrons. The average Bonchev–Trinajstić information content (AvgIpc) is 3.74. The van der Waals surface area contributed by atoms with Crippen molar-refractivity contribution in [3.63, 3.8) is 0 Å². The van der Waals surface area contributed by atoms with Crippen LogP contribution < -0.4 is 21.7 Å². The van der Waals surface area contributed by atoms with Gasteiger partial charge >= 0.3 is 18.2 Å². The number of methoxy groups -OCH3 is 2. The largest absolute Gasteiger partial charge is 0.453 e. The van der Waals surface area contributed by atoms with Crippen LogP contribution in [0.1, 0.15) is 100 Å². The number of carbonyl (C=O) groups is 5. The van der Waals surface area contributed by atoms with Crippen molar-refractivity contribution in [2.24, 2.45) is 17.1 Å². The Hall–Kier alpha value is -6.57. The number of hydrogen-bond donors (Lipinski definition) is 6. The van der Waals surface area contributed by atoms with Gasteiger partial charge in [-0.25, -0.2) is 24.4 Å². The van der Waals surface area contributed by atoms with Gasteiger partial charge in [-0.1, -0.05) is 37.8 Å². The van der Waals surface area contributed by atoms with Gasteiger partial charge in [-0.3, -0.25) is 9.59 Å². The Kier molecular flexibility index (Phi) is 12.8. The van der Waals surface area contributed by atoms with E-state index in [-0.39, 0.29) is 35.2 Å². The number of ether oxygens (including phenoxy) is 2. The van der Waals surface area contributed by atoms with Crippen molar-refractivity contribution in [2.75, 3.05) is 33.9 Å². The Morgan fingerprint density at radius 2 is 1.62 bits per heavy atom.